The zero-order chi connectivity index (χ0) is 12.6. The van der Waals surface area contributed by atoms with Gasteiger partial charge in [-0.3, -0.25) is 4.72 Å². The Hall–Kier alpha value is -2.03. The molecule has 92 valence electrons. The highest BCUT2D eigenvalue weighted by Gasteiger charge is 2.23. The van der Waals surface area contributed by atoms with Gasteiger partial charge in [-0.2, -0.15) is 8.42 Å². The lowest BCUT2D eigenvalue weighted by atomic mass is 10.5. The predicted molar refractivity (Wildman–Crippen MR) is 59.7 cm³/mol. The highest BCUT2D eigenvalue weighted by molar-refractivity contribution is 7.92. The summed E-state index contributed by atoms with van der Waals surface area (Å²) in [5, 5.41) is 3.42. The van der Waals surface area contributed by atoms with Crippen LogP contribution in [0, 0.1) is 6.92 Å². The molecular formula is C8H11N5O3S. The summed E-state index contributed by atoms with van der Waals surface area (Å²) < 4.78 is 32.3. The van der Waals surface area contributed by atoms with Crippen LogP contribution >= 0.6 is 0 Å². The Morgan fingerprint density at radius 1 is 1.53 bits per heavy atom. The Balaban J connectivity index is 2.38. The molecule has 0 unspecified atom stereocenters. The number of nitrogens with one attached hydrogen (secondary N) is 1. The molecule has 8 nitrogen and oxygen atoms in total. The highest BCUT2D eigenvalue weighted by Crippen LogP contribution is 2.19. The molecule has 0 bridgehead atoms. The topological polar surface area (TPSA) is 116 Å². The molecule has 17 heavy (non-hydrogen) atoms. The molecule has 0 aliphatic heterocycles. The number of aromatic nitrogens is 3. The van der Waals surface area contributed by atoms with Crippen molar-refractivity contribution in [1.82, 2.24) is 14.7 Å². The van der Waals surface area contributed by atoms with Gasteiger partial charge in [0, 0.05) is 13.1 Å². The molecule has 9 heteroatoms. The zero-order valence-electron chi connectivity index (χ0n) is 9.21. The number of anilines is 2. The molecule has 0 aromatic carbocycles. The van der Waals surface area contributed by atoms with Gasteiger partial charge in [0.05, 0.1) is 6.33 Å². The van der Waals surface area contributed by atoms with E-state index in [1.165, 1.54) is 24.0 Å². The lowest BCUT2D eigenvalue weighted by Gasteiger charge is -2.05. The number of nitrogen functional groups attached to an aromatic ring is 1. The Bertz CT molecular complexity index is 622. The second-order valence-corrected chi connectivity index (χ2v) is 5.07. The van der Waals surface area contributed by atoms with Gasteiger partial charge < -0.3 is 14.8 Å². The number of sulfonamides is 1. The third-order valence-corrected chi connectivity index (χ3v) is 3.52. The van der Waals surface area contributed by atoms with Crippen LogP contribution in [0.1, 0.15) is 5.76 Å². The zero-order valence-corrected chi connectivity index (χ0v) is 10.0. The number of nitrogens with two attached hydrogens (primary N) is 1. The maximum absolute atomic E-state index is 12.0. The fraction of sp³-hybridized carbons (Fsp3) is 0.250. The maximum Gasteiger partial charge on any atom is 0.282 e. The van der Waals surface area contributed by atoms with Gasteiger partial charge in [0.15, 0.2) is 16.7 Å². The summed E-state index contributed by atoms with van der Waals surface area (Å²) in [6.07, 6.45) is 1.32. The summed E-state index contributed by atoms with van der Waals surface area (Å²) in [4.78, 5) is 3.71. The number of imidazole rings is 1. The molecule has 0 aliphatic rings. The van der Waals surface area contributed by atoms with Crippen molar-refractivity contribution in [2.45, 2.75) is 11.9 Å². The summed E-state index contributed by atoms with van der Waals surface area (Å²) in [5.74, 6) is 0.531. The molecule has 2 rings (SSSR count). The van der Waals surface area contributed by atoms with E-state index in [9.17, 15) is 8.42 Å². The van der Waals surface area contributed by atoms with Gasteiger partial charge in [0.25, 0.3) is 10.0 Å². The minimum atomic E-state index is -3.82. The SMILES string of the molecule is Cc1cc(NS(=O)(=O)c2c(N)ncn2C)no1. The average Bonchev–Trinajstić information content (AvgIpc) is 2.73. The Morgan fingerprint density at radius 2 is 2.24 bits per heavy atom. The molecule has 3 N–H and O–H groups in total. The van der Waals surface area contributed by atoms with Crippen molar-refractivity contribution in [3.05, 3.63) is 18.2 Å². The van der Waals surface area contributed by atoms with E-state index >= 15 is 0 Å². The first-order valence-electron chi connectivity index (χ1n) is 4.63. The van der Waals surface area contributed by atoms with Crippen molar-refractivity contribution in [2.24, 2.45) is 7.05 Å². The van der Waals surface area contributed by atoms with Crippen molar-refractivity contribution in [3.63, 3.8) is 0 Å². The third kappa shape index (κ3) is 2.09. The van der Waals surface area contributed by atoms with Crippen LogP contribution in [0.15, 0.2) is 21.9 Å². The van der Waals surface area contributed by atoms with Gasteiger partial charge in [-0.15, -0.1) is 0 Å². The fourth-order valence-electron chi connectivity index (χ4n) is 1.36. The van der Waals surface area contributed by atoms with Crippen molar-refractivity contribution in [2.75, 3.05) is 10.5 Å². The van der Waals surface area contributed by atoms with E-state index in [1.807, 2.05) is 0 Å². The Labute approximate surface area is 97.5 Å². The molecule has 0 saturated carbocycles. The monoisotopic (exact) mass is 257 g/mol. The first-order chi connectivity index (χ1) is 7.90. The van der Waals surface area contributed by atoms with Gasteiger partial charge in [0.2, 0.25) is 0 Å². The van der Waals surface area contributed by atoms with Crippen LogP contribution in [0.25, 0.3) is 0 Å². The van der Waals surface area contributed by atoms with Crippen LogP contribution in [0.2, 0.25) is 0 Å². The molecule has 2 heterocycles. The van der Waals surface area contributed by atoms with Crippen molar-refractivity contribution in [1.29, 1.82) is 0 Å². The second-order valence-electron chi connectivity index (χ2n) is 3.47. The average molecular weight is 257 g/mol. The number of nitrogens with zero attached hydrogens (tertiary/aromatic N) is 3. The van der Waals surface area contributed by atoms with Crippen LogP contribution < -0.4 is 10.5 Å². The van der Waals surface area contributed by atoms with E-state index in [2.05, 4.69) is 14.9 Å². The van der Waals surface area contributed by atoms with E-state index in [1.54, 1.807) is 6.92 Å². The molecule has 0 atom stereocenters. The summed E-state index contributed by atoms with van der Waals surface area (Å²) in [6.45, 7) is 1.66. The standard InChI is InChI=1S/C8H11N5O3S/c1-5-3-6(11-16-5)12-17(14,15)8-7(9)10-4-13(8)2/h3-4H,9H2,1-2H3,(H,11,12). The maximum atomic E-state index is 12.0. The third-order valence-electron chi connectivity index (χ3n) is 2.03. The minimum Gasteiger partial charge on any atom is -0.381 e. The van der Waals surface area contributed by atoms with E-state index in [-0.39, 0.29) is 16.7 Å². The Kier molecular flexibility index (Phi) is 2.54. The van der Waals surface area contributed by atoms with E-state index in [4.69, 9.17) is 10.3 Å². The quantitative estimate of drug-likeness (QED) is 0.805. The van der Waals surface area contributed by atoms with E-state index in [0.717, 1.165) is 0 Å². The van der Waals surface area contributed by atoms with Crippen LogP contribution in [-0.4, -0.2) is 23.1 Å². The number of aryl methyl sites for hydroxylation is 2. The first kappa shape index (κ1) is 11.5. The Morgan fingerprint density at radius 3 is 2.71 bits per heavy atom. The van der Waals surface area contributed by atoms with Gasteiger partial charge in [-0.05, 0) is 6.92 Å². The lowest BCUT2D eigenvalue weighted by Crippen LogP contribution is -2.17. The highest BCUT2D eigenvalue weighted by atomic mass is 32.2. The van der Waals surface area contributed by atoms with Crippen molar-refractivity contribution >= 4 is 21.7 Å². The van der Waals surface area contributed by atoms with Crippen LogP contribution in [-0.2, 0) is 17.1 Å². The van der Waals surface area contributed by atoms with Gasteiger partial charge >= 0.3 is 0 Å². The smallest absolute Gasteiger partial charge is 0.282 e. The van der Waals surface area contributed by atoms with E-state index < -0.39 is 10.0 Å². The molecule has 0 amide bonds. The van der Waals surface area contributed by atoms with Crippen LogP contribution in [0.4, 0.5) is 11.6 Å². The summed E-state index contributed by atoms with van der Waals surface area (Å²) in [6, 6.07) is 1.46. The molecular weight excluding hydrogens is 246 g/mol. The fourth-order valence-corrected chi connectivity index (χ4v) is 2.59. The second kappa shape index (κ2) is 3.77. The summed E-state index contributed by atoms with van der Waals surface area (Å²) in [7, 11) is -2.28. The number of hydrogen-bond donors (Lipinski definition) is 2. The number of rotatable bonds is 3. The molecule has 0 fully saturated rings. The van der Waals surface area contributed by atoms with Crippen LogP contribution in [0.5, 0.6) is 0 Å². The summed E-state index contributed by atoms with van der Waals surface area (Å²) in [5.41, 5.74) is 5.49. The van der Waals surface area contributed by atoms with Gasteiger partial charge in [-0.25, -0.2) is 4.98 Å². The largest absolute Gasteiger partial charge is 0.381 e. The molecule has 0 spiro atoms. The minimum absolute atomic E-state index is 0.0692. The van der Waals surface area contributed by atoms with Crippen LogP contribution in [0.3, 0.4) is 0 Å². The van der Waals surface area contributed by atoms with Gasteiger partial charge in [0.1, 0.15) is 5.76 Å². The van der Waals surface area contributed by atoms with Gasteiger partial charge in [-0.1, -0.05) is 5.16 Å². The van der Waals surface area contributed by atoms with Crippen molar-refractivity contribution in [3.8, 4) is 0 Å². The molecule has 2 aromatic heterocycles. The molecule has 0 aliphatic carbocycles. The first-order valence-corrected chi connectivity index (χ1v) is 6.11. The van der Waals surface area contributed by atoms with E-state index in [0.29, 0.717) is 5.76 Å². The predicted octanol–water partition coefficient (Wildman–Crippen LogP) is 0.0995. The number of hydrogen-bond acceptors (Lipinski definition) is 6. The molecule has 2 aromatic rings. The summed E-state index contributed by atoms with van der Waals surface area (Å²) >= 11 is 0. The lowest BCUT2D eigenvalue weighted by molar-refractivity contribution is 0.400. The molecule has 0 radical (unpaired) electrons. The normalized spacial score (nSPS) is 11.6. The molecule has 0 saturated heterocycles. The van der Waals surface area contributed by atoms with Crippen molar-refractivity contribution < 1.29 is 12.9 Å².